The van der Waals surface area contributed by atoms with Crippen molar-refractivity contribution in [3.05, 3.63) is 69.8 Å². The first-order valence-corrected chi connectivity index (χ1v) is 11.6. The Kier molecular flexibility index (Phi) is 9.29. The van der Waals surface area contributed by atoms with Gasteiger partial charge in [0.05, 0.1) is 0 Å². The summed E-state index contributed by atoms with van der Waals surface area (Å²) in [5.74, 6) is 1.48. The van der Waals surface area contributed by atoms with Crippen LogP contribution in [0.2, 0.25) is 0 Å². The molecule has 0 aliphatic rings. The molecule has 0 heteroatoms. The van der Waals surface area contributed by atoms with Crippen LogP contribution in [-0.2, 0) is 6.42 Å². The summed E-state index contributed by atoms with van der Waals surface area (Å²) >= 11 is 0. The fourth-order valence-corrected chi connectivity index (χ4v) is 4.84. The van der Waals surface area contributed by atoms with Gasteiger partial charge in [-0.2, -0.15) is 0 Å². The minimum Gasteiger partial charge on any atom is -0.0654 e. The summed E-state index contributed by atoms with van der Waals surface area (Å²) in [5.41, 5.74) is 8.75. The van der Waals surface area contributed by atoms with Gasteiger partial charge in [0.15, 0.2) is 0 Å². The van der Waals surface area contributed by atoms with Gasteiger partial charge in [-0.25, -0.2) is 0 Å². The highest BCUT2D eigenvalue weighted by Gasteiger charge is 2.19. The molecule has 0 fully saturated rings. The van der Waals surface area contributed by atoms with Crippen LogP contribution in [0.4, 0.5) is 0 Å². The number of hydrogen-bond donors (Lipinski definition) is 0. The third kappa shape index (κ3) is 7.46. The van der Waals surface area contributed by atoms with E-state index in [4.69, 9.17) is 0 Å². The van der Waals surface area contributed by atoms with E-state index in [0.29, 0.717) is 5.92 Å². The van der Waals surface area contributed by atoms with Gasteiger partial charge in [0.25, 0.3) is 0 Å². The van der Waals surface area contributed by atoms with E-state index in [2.05, 4.69) is 77.9 Å². The fourth-order valence-electron chi connectivity index (χ4n) is 4.84. The lowest BCUT2D eigenvalue weighted by Gasteiger charge is -2.25. The maximum absolute atomic E-state index is 2.45. The predicted octanol–water partition coefficient (Wildman–Crippen LogP) is 8.63. The van der Waals surface area contributed by atoms with Gasteiger partial charge < -0.3 is 0 Å². The zero-order chi connectivity index (χ0) is 20.5. The number of rotatable bonds is 11. The van der Waals surface area contributed by atoms with Crippen molar-refractivity contribution < 1.29 is 0 Å². The third-order valence-electron chi connectivity index (χ3n) is 6.01. The normalized spacial score (nSPS) is 13.5. The molecule has 0 aliphatic heterocycles. The van der Waals surface area contributed by atoms with Crippen molar-refractivity contribution in [1.82, 2.24) is 0 Å². The molecule has 0 N–H and O–H groups in total. The Labute approximate surface area is 174 Å². The summed E-state index contributed by atoms with van der Waals surface area (Å²) in [6.07, 6.45) is 10.5. The Balaban J connectivity index is 2.23. The van der Waals surface area contributed by atoms with E-state index in [-0.39, 0.29) is 0 Å². The molecule has 0 saturated heterocycles. The molecule has 2 atom stereocenters. The molecule has 28 heavy (non-hydrogen) atoms. The molecular weight excluding hydrogens is 336 g/mol. The van der Waals surface area contributed by atoms with E-state index in [0.717, 1.165) is 5.92 Å². The van der Waals surface area contributed by atoms with Gasteiger partial charge in [-0.15, -0.1) is 0 Å². The van der Waals surface area contributed by atoms with Crippen LogP contribution in [0.5, 0.6) is 0 Å². The highest BCUT2D eigenvalue weighted by molar-refractivity contribution is 5.32. The predicted molar refractivity (Wildman–Crippen MR) is 125 cm³/mol. The maximum atomic E-state index is 2.45. The molecule has 0 nitrogen and oxygen atoms in total. The highest BCUT2D eigenvalue weighted by atomic mass is 14.2. The van der Waals surface area contributed by atoms with Crippen LogP contribution in [0.15, 0.2) is 36.4 Å². The number of aryl methyl sites for hydroxylation is 4. The summed E-state index contributed by atoms with van der Waals surface area (Å²) in [5, 5.41) is 0. The van der Waals surface area contributed by atoms with Gasteiger partial charge in [-0.05, 0) is 69.9 Å². The molecule has 0 aromatic heterocycles. The first kappa shape index (κ1) is 22.7. The van der Waals surface area contributed by atoms with Crippen LogP contribution in [0.25, 0.3) is 0 Å². The molecule has 0 heterocycles. The van der Waals surface area contributed by atoms with Crippen LogP contribution in [-0.4, -0.2) is 0 Å². The molecule has 0 spiro atoms. The van der Waals surface area contributed by atoms with E-state index in [1.165, 1.54) is 79.2 Å². The van der Waals surface area contributed by atoms with Gasteiger partial charge in [-0.3, -0.25) is 0 Å². The van der Waals surface area contributed by atoms with Crippen LogP contribution in [0.3, 0.4) is 0 Å². The number of benzene rings is 2. The second-order valence-electron chi connectivity index (χ2n) is 9.20. The lowest BCUT2D eigenvalue weighted by molar-refractivity contribution is 0.378. The Morgan fingerprint density at radius 3 is 1.68 bits per heavy atom. The van der Waals surface area contributed by atoms with E-state index >= 15 is 0 Å². The number of unbranched alkanes of at least 4 members (excludes halogenated alkanes) is 2. The molecule has 0 aliphatic carbocycles. The van der Waals surface area contributed by atoms with E-state index in [1.54, 1.807) is 5.56 Å². The van der Waals surface area contributed by atoms with Crippen LogP contribution >= 0.6 is 0 Å². The molecular formula is C28H42. The summed E-state index contributed by atoms with van der Waals surface area (Å²) in [7, 11) is 0. The van der Waals surface area contributed by atoms with Crippen LogP contribution < -0.4 is 0 Å². The molecule has 2 rings (SSSR count). The Hall–Kier alpha value is -1.56. The van der Waals surface area contributed by atoms with Gasteiger partial charge in [0.2, 0.25) is 0 Å². The summed E-state index contributed by atoms with van der Waals surface area (Å²) < 4.78 is 0. The standard InChI is InChI=1S/C28H42/c1-7-9-11-25(19-26-15-21(3)13-22(4)16-26)20-27(12-10-8-2)28-17-23(5)14-24(6)18-28/h13-18,25,27H,7-12,19-20H2,1-6H3. The molecule has 0 amide bonds. The van der Waals surface area contributed by atoms with Gasteiger partial charge in [-0.1, -0.05) is 105 Å². The minimum absolute atomic E-state index is 0.700. The minimum atomic E-state index is 0.700. The Morgan fingerprint density at radius 2 is 1.14 bits per heavy atom. The summed E-state index contributed by atoms with van der Waals surface area (Å²) in [6, 6.07) is 14.3. The van der Waals surface area contributed by atoms with Gasteiger partial charge >= 0.3 is 0 Å². The zero-order valence-corrected chi connectivity index (χ0v) is 19.3. The second kappa shape index (κ2) is 11.4. The largest absolute Gasteiger partial charge is 0.0654 e. The van der Waals surface area contributed by atoms with Gasteiger partial charge in [0, 0.05) is 0 Å². The van der Waals surface area contributed by atoms with Crippen molar-refractivity contribution in [3.8, 4) is 0 Å². The first-order valence-electron chi connectivity index (χ1n) is 11.6. The Morgan fingerprint density at radius 1 is 0.643 bits per heavy atom. The molecule has 2 aromatic carbocycles. The fraction of sp³-hybridized carbons (Fsp3) is 0.571. The van der Waals surface area contributed by atoms with Crippen molar-refractivity contribution in [1.29, 1.82) is 0 Å². The monoisotopic (exact) mass is 378 g/mol. The van der Waals surface area contributed by atoms with E-state index < -0.39 is 0 Å². The average molecular weight is 379 g/mol. The summed E-state index contributed by atoms with van der Waals surface area (Å²) in [6.45, 7) is 13.6. The summed E-state index contributed by atoms with van der Waals surface area (Å²) in [4.78, 5) is 0. The molecule has 0 bridgehead atoms. The molecule has 0 saturated carbocycles. The maximum Gasteiger partial charge on any atom is -0.0159 e. The molecule has 0 radical (unpaired) electrons. The Bertz CT molecular complexity index is 684. The van der Waals surface area contributed by atoms with Crippen molar-refractivity contribution in [2.24, 2.45) is 5.92 Å². The topological polar surface area (TPSA) is 0 Å². The average Bonchev–Trinajstić information content (AvgIpc) is 2.61. The highest BCUT2D eigenvalue weighted by Crippen LogP contribution is 2.34. The lowest BCUT2D eigenvalue weighted by atomic mass is 9.80. The van der Waals surface area contributed by atoms with Crippen molar-refractivity contribution in [3.63, 3.8) is 0 Å². The first-order chi connectivity index (χ1) is 13.4. The molecule has 2 aromatic rings. The number of hydrogen-bond acceptors (Lipinski definition) is 0. The lowest BCUT2D eigenvalue weighted by Crippen LogP contribution is -2.12. The van der Waals surface area contributed by atoms with Crippen LogP contribution in [0, 0.1) is 33.6 Å². The van der Waals surface area contributed by atoms with E-state index in [9.17, 15) is 0 Å². The molecule has 154 valence electrons. The SMILES string of the molecule is CCCCC(Cc1cc(C)cc(C)c1)CC(CCCC)c1cc(C)cc(C)c1. The van der Waals surface area contributed by atoms with Crippen molar-refractivity contribution in [2.45, 2.75) is 98.8 Å². The quantitative estimate of drug-likeness (QED) is 0.367. The van der Waals surface area contributed by atoms with E-state index in [1.807, 2.05) is 0 Å². The van der Waals surface area contributed by atoms with Crippen molar-refractivity contribution in [2.75, 3.05) is 0 Å². The van der Waals surface area contributed by atoms with Crippen molar-refractivity contribution >= 4 is 0 Å². The smallest absolute Gasteiger partial charge is 0.0159 e. The molecule has 2 unspecified atom stereocenters. The zero-order valence-electron chi connectivity index (χ0n) is 19.3. The third-order valence-corrected chi connectivity index (χ3v) is 6.01. The van der Waals surface area contributed by atoms with Gasteiger partial charge in [0.1, 0.15) is 0 Å². The second-order valence-corrected chi connectivity index (χ2v) is 9.20. The van der Waals surface area contributed by atoms with Crippen LogP contribution in [0.1, 0.15) is 98.1 Å².